The summed E-state index contributed by atoms with van der Waals surface area (Å²) < 4.78 is 0. The van der Waals surface area contributed by atoms with Gasteiger partial charge in [-0.3, -0.25) is 0 Å². The van der Waals surface area contributed by atoms with Gasteiger partial charge < -0.3 is 5.73 Å². The second kappa shape index (κ2) is 5.18. The first kappa shape index (κ1) is 11.5. The number of benzene rings is 1. The van der Waals surface area contributed by atoms with Crippen LogP contribution < -0.4 is 5.73 Å². The van der Waals surface area contributed by atoms with Gasteiger partial charge in [-0.15, -0.1) is 12.4 Å². The Morgan fingerprint density at radius 2 is 1.75 bits per heavy atom. The Hall–Kier alpha value is -0.530. The molecule has 0 fully saturated rings. The number of nitrogens with two attached hydrogens (primary N) is 1. The van der Waals surface area contributed by atoms with Crippen LogP contribution in [-0.4, -0.2) is 0 Å². The molecular formula is C10H16ClN. The van der Waals surface area contributed by atoms with Crippen molar-refractivity contribution in [2.75, 3.05) is 0 Å². The van der Waals surface area contributed by atoms with Crippen LogP contribution in [0.25, 0.3) is 0 Å². The molecule has 0 aliphatic heterocycles. The zero-order valence-electron chi connectivity index (χ0n) is 7.58. The van der Waals surface area contributed by atoms with Gasteiger partial charge in [0.15, 0.2) is 0 Å². The molecule has 1 aromatic carbocycles. The highest BCUT2D eigenvalue weighted by molar-refractivity contribution is 5.85. The zero-order chi connectivity index (χ0) is 8.27. The van der Waals surface area contributed by atoms with Crippen LogP contribution in [0.3, 0.4) is 0 Å². The fraction of sp³-hybridized carbons (Fsp3) is 0.400. The average molecular weight is 186 g/mol. The van der Waals surface area contributed by atoms with Crippen molar-refractivity contribution in [1.82, 2.24) is 0 Å². The van der Waals surface area contributed by atoms with Crippen molar-refractivity contribution in [1.29, 1.82) is 0 Å². The molecule has 2 N–H and O–H groups in total. The normalized spacial score (nSPS) is 11.9. The molecule has 0 radical (unpaired) electrons. The lowest BCUT2D eigenvalue weighted by Crippen LogP contribution is -2.04. The van der Waals surface area contributed by atoms with Gasteiger partial charge in [0.1, 0.15) is 0 Å². The first-order valence-corrected chi connectivity index (χ1v) is 4.08. The maximum atomic E-state index is 5.71. The smallest absolute Gasteiger partial charge is 0.0266 e. The Bertz CT molecular complexity index is 216. The number of hydrogen-bond acceptors (Lipinski definition) is 1. The van der Waals surface area contributed by atoms with E-state index in [1.807, 2.05) is 6.92 Å². The quantitative estimate of drug-likeness (QED) is 0.754. The van der Waals surface area contributed by atoms with E-state index in [-0.39, 0.29) is 18.4 Å². The van der Waals surface area contributed by atoms with Gasteiger partial charge >= 0.3 is 0 Å². The molecule has 0 saturated heterocycles. The monoisotopic (exact) mass is 185 g/mol. The van der Waals surface area contributed by atoms with Crippen molar-refractivity contribution in [3.63, 3.8) is 0 Å². The molecule has 0 bridgehead atoms. The Kier molecular flexibility index (Phi) is 4.95. The summed E-state index contributed by atoms with van der Waals surface area (Å²) in [7, 11) is 0. The third-order valence-corrected chi connectivity index (χ3v) is 1.91. The third-order valence-electron chi connectivity index (χ3n) is 1.91. The molecule has 0 aliphatic carbocycles. The molecule has 1 nitrogen and oxygen atoms in total. The molecule has 0 amide bonds. The Balaban J connectivity index is 0.00000121. The molecule has 0 aliphatic rings. The molecule has 68 valence electrons. The van der Waals surface area contributed by atoms with Crippen LogP contribution in [0.15, 0.2) is 24.3 Å². The van der Waals surface area contributed by atoms with Gasteiger partial charge in [0.05, 0.1) is 0 Å². The summed E-state index contributed by atoms with van der Waals surface area (Å²) in [6.07, 6.45) is 1.10. The van der Waals surface area contributed by atoms with Gasteiger partial charge in [0.2, 0.25) is 0 Å². The molecule has 0 spiro atoms. The van der Waals surface area contributed by atoms with Crippen molar-refractivity contribution in [2.45, 2.75) is 26.3 Å². The van der Waals surface area contributed by atoms with Crippen LogP contribution in [0.1, 0.15) is 31.0 Å². The third kappa shape index (κ3) is 2.84. The molecule has 0 saturated carbocycles. The molecule has 0 aromatic heterocycles. The van der Waals surface area contributed by atoms with Crippen molar-refractivity contribution in [2.24, 2.45) is 5.73 Å². The van der Waals surface area contributed by atoms with E-state index in [2.05, 4.69) is 31.2 Å². The number of aryl methyl sites for hydroxylation is 1. The van der Waals surface area contributed by atoms with E-state index in [0.717, 1.165) is 6.42 Å². The summed E-state index contributed by atoms with van der Waals surface area (Å²) >= 11 is 0. The van der Waals surface area contributed by atoms with E-state index in [1.165, 1.54) is 11.1 Å². The lowest BCUT2D eigenvalue weighted by molar-refractivity contribution is 0.817. The maximum Gasteiger partial charge on any atom is 0.0266 e. The fourth-order valence-corrected chi connectivity index (χ4v) is 1.06. The van der Waals surface area contributed by atoms with Crippen molar-refractivity contribution in [3.8, 4) is 0 Å². The Labute approximate surface area is 80.4 Å². The van der Waals surface area contributed by atoms with E-state index in [9.17, 15) is 0 Å². The predicted octanol–water partition coefficient (Wildman–Crippen LogP) is 2.69. The topological polar surface area (TPSA) is 26.0 Å². The summed E-state index contributed by atoms with van der Waals surface area (Å²) in [5.41, 5.74) is 8.29. The highest BCUT2D eigenvalue weighted by Gasteiger charge is 1.96. The van der Waals surface area contributed by atoms with Gasteiger partial charge in [-0.2, -0.15) is 0 Å². The zero-order valence-corrected chi connectivity index (χ0v) is 8.40. The van der Waals surface area contributed by atoms with Crippen molar-refractivity contribution >= 4 is 12.4 Å². The second-order valence-electron chi connectivity index (χ2n) is 2.88. The Morgan fingerprint density at radius 1 is 1.25 bits per heavy atom. The van der Waals surface area contributed by atoms with Crippen LogP contribution >= 0.6 is 12.4 Å². The summed E-state index contributed by atoms with van der Waals surface area (Å²) in [4.78, 5) is 0. The van der Waals surface area contributed by atoms with Crippen LogP contribution in [0.5, 0.6) is 0 Å². The molecular weight excluding hydrogens is 170 g/mol. The number of hydrogen-bond donors (Lipinski definition) is 1. The lowest BCUT2D eigenvalue weighted by atomic mass is 10.1. The Morgan fingerprint density at radius 3 is 2.08 bits per heavy atom. The SMILES string of the molecule is CCc1ccc([C@@H](C)N)cc1.Cl. The standard InChI is InChI=1S/C10H15N.ClH/c1-3-9-4-6-10(7-5-9)8(2)11;/h4-8H,3,11H2,1-2H3;1H/t8-;/m1./s1. The summed E-state index contributed by atoms with van der Waals surface area (Å²) in [6, 6.07) is 8.63. The largest absolute Gasteiger partial charge is 0.324 e. The molecule has 12 heavy (non-hydrogen) atoms. The average Bonchev–Trinajstić information content (AvgIpc) is 2.05. The lowest BCUT2D eigenvalue weighted by Gasteiger charge is -2.05. The van der Waals surface area contributed by atoms with Crippen LogP contribution in [0.2, 0.25) is 0 Å². The van der Waals surface area contributed by atoms with Gasteiger partial charge in [-0.25, -0.2) is 0 Å². The second-order valence-corrected chi connectivity index (χ2v) is 2.88. The van der Waals surface area contributed by atoms with E-state index in [1.54, 1.807) is 0 Å². The molecule has 1 atom stereocenters. The van der Waals surface area contributed by atoms with Crippen LogP contribution in [0, 0.1) is 0 Å². The molecule has 0 unspecified atom stereocenters. The molecule has 1 rings (SSSR count). The van der Waals surface area contributed by atoms with Crippen LogP contribution in [-0.2, 0) is 6.42 Å². The first-order chi connectivity index (χ1) is 5.24. The molecule has 2 heteroatoms. The minimum Gasteiger partial charge on any atom is -0.324 e. The first-order valence-electron chi connectivity index (χ1n) is 4.08. The van der Waals surface area contributed by atoms with Gasteiger partial charge in [0, 0.05) is 6.04 Å². The van der Waals surface area contributed by atoms with E-state index in [4.69, 9.17) is 5.73 Å². The van der Waals surface area contributed by atoms with E-state index in [0.29, 0.717) is 0 Å². The molecule has 0 heterocycles. The van der Waals surface area contributed by atoms with Crippen LogP contribution in [0.4, 0.5) is 0 Å². The molecule has 1 aromatic rings. The van der Waals surface area contributed by atoms with Crippen molar-refractivity contribution in [3.05, 3.63) is 35.4 Å². The summed E-state index contributed by atoms with van der Waals surface area (Å²) in [5, 5.41) is 0. The maximum absolute atomic E-state index is 5.71. The highest BCUT2D eigenvalue weighted by Crippen LogP contribution is 2.10. The fourth-order valence-electron chi connectivity index (χ4n) is 1.06. The summed E-state index contributed by atoms with van der Waals surface area (Å²) in [6.45, 7) is 4.15. The van der Waals surface area contributed by atoms with E-state index < -0.39 is 0 Å². The highest BCUT2D eigenvalue weighted by atomic mass is 35.5. The van der Waals surface area contributed by atoms with Gasteiger partial charge in [0.25, 0.3) is 0 Å². The summed E-state index contributed by atoms with van der Waals surface area (Å²) in [5.74, 6) is 0. The van der Waals surface area contributed by atoms with E-state index >= 15 is 0 Å². The minimum absolute atomic E-state index is 0. The van der Waals surface area contributed by atoms with Crippen molar-refractivity contribution < 1.29 is 0 Å². The van der Waals surface area contributed by atoms with Gasteiger partial charge in [-0.1, -0.05) is 31.2 Å². The number of rotatable bonds is 2. The van der Waals surface area contributed by atoms with Gasteiger partial charge in [-0.05, 0) is 24.5 Å². The predicted molar refractivity (Wildman–Crippen MR) is 55.7 cm³/mol. The number of halogens is 1. The minimum atomic E-state index is 0.